The van der Waals surface area contributed by atoms with Gasteiger partial charge in [0.1, 0.15) is 18.1 Å². The van der Waals surface area contributed by atoms with Crippen LogP contribution < -0.4 is 4.74 Å². The number of hydrogen-bond acceptors (Lipinski definition) is 5. The van der Waals surface area contributed by atoms with Crippen LogP contribution in [0.4, 0.5) is 0 Å². The molecule has 0 spiro atoms. The van der Waals surface area contributed by atoms with Crippen LogP contribution >= 0.6 is 0 Å². The first-order valence-electron chi connectivity index (χ1n) is 7.64. The van der Waals surface area contributed by atoms with E-state index in [0.717, 1.165) is 25.9 Å². The van der Waals surface area contributed by atoms with E-state index in [0.29, 0.717) is 24.5 Å². The molecule has 1 aromatic carbocycles. The molecule has 5 heteroatoms. The monoisotopic (exact) mass is 306 g/mol. The molecule has 22 heavy (non-hydrogen) atoms. The average molecular weight is 306 g/mol. The molecule has 1 saturated heterocycles. The van der Waals surface area contributed by atoms with Crippen LogP contribution in [0.1, 0.15) is 43.0 Å². The van der Waals surface area contributed by atoms with Gasteiger partial charge in [-0.25, -0.2) is 0 Å². The van der Waals surface area contributed by atoms with Crippen molar-refractivity contribution in [2.45, 2.75) is 38.9 Å². The van der Waals surface area contributed by atoms with Gasteiger partial charge >= 0.3 is 0 Å². The zero-order valence-corrected chi connectivity index (χ0v) is 12.9. The molecule has 0 bridgehead atoms. The van der Waals surface area contributed by atoms with E-state index in [9.17, 15) is 9.59 Å². The summed E-state index contributed by atoms with van der Waals surface area (Å²) in [6.45, 7) is 3.07. The van der Waals surface area contributed by atoms with Crippen molar-refractivity contribution in [1.29, 1.82) is 0 Å². The van der Waals surface area contributed by atoms with Crippen LogP contribution in [-0.2, 0) is 14.3 Å². The predicted octanol–water partition coefficient (Wildman–Crippen LogP) is 2.77. The number of carbonyl (C=O) groups excluding carboxylic acids is 2. The van der Waals surface area contributed by atoms with Crippen LogP contribution in [0.15, 0.2) is 24.3 Å². The number of benzene rings is 1. The lowest BCUT2D eigenvalue weighted by molar-refractivity contribution is -0.165. The summed E-state index contributed by atoms with van der Waals surface area (Å²) in [7, 11) is 0. The molecular formula is C17H22O5. The third kappa shape index (κ3) is 5.58. The lowest BCUT2D eigenvalue weighted by Gasteiger charge is -2.22. The minimum absolute atomic E-state index is 0.0601. The SMILES string of the molecule is CC(=O)CC(=O)c1ccc(OCCOC2CCCCO2)cc1. The Kier molecular flexibility index (Phi) is 6.55. The van der Waals surface area contributed by atoms with Crippen LogP contribution in [0.3, 0.4) is 0 Å². The fourth-order valence-corrected chi connectivity index (χ4v) is 2.25. The van der Waals surface area contributed by atoms with Gasteiger partial charge in [-0.05, 0) is 50.5 Å². The quantitative estimate of drug-likeness (QED) is 0.420. The molecule has 5 nitrogen and oxygen atoms in total. The van der Waals surface area contributed by atoms with Gasteiger partial charge in [0.25, 0.3) is 0 Å². The Morgan fingerprint density at radius 3 is 2.59 bits per heavy atom. The van der Waals surface area contributed by atoms with Gasteiger partial charge in [0.15, 0.2) is 12.1 Å². The molecular weight excluding hydrogens is 284 g/mol. The van der Waals surface area contributed by atoms with E-state index in [4.69, 9.17) is 14.2 Å². The molecule has 2 rings (SSSR count). The molecule has 1 aliphatic heterocycles. The highest BCUT2D eigenvalue weighted by atomic mass is 16.7. The highest BCUT2D eigenvalue weighted by molar-refractivity contribution is 6.07. The fourth-order valence-electron chi connectivity index (χ4n) is 2.25. The minimum Gasteiger partial charge on any atom is -0.491 e. The molecule has 0 radical (unpaired) electrons. The van der Waals surface area contributed by atoms with Gasteiger partial charge in [0, 0.05) is 12.2 Å². The van der Waals surface area contributed by atoms with E-state index >= 15 is 0 Å². The van der Waals surface area contributed by atoms with E-state index in [1.54, 1.807) is 24.3 Å². The van der Waals surface area contributed by atoms with Crippen molar-refractivity contribution in [3.63, 3.8) is 0 Å². The summed E-state index contributed by atoms with van der Waals surface area (Å²) in [4.78, 5) is 22.6. The zero-order chi connectivity index (χ0) is 15.8. The molecule has 1 heterocycles. The Morgan fingerprint density at radius 2 is 1.95 bits per heavy atom. The standard InChI is InChI=1S/C17H22O5/c1-13(18)12-16(19)14-5-7-15(8-6-14)20-10-11-22-17-4-2-3-9-21-17/h5-8,17H,2-4,9-12H2,1H3. The Morgan fingerprint density at radius 1 is 1.18 bits per heavy atom. The molecule has 0 aromatic heterocycles. The summed E-state index contributed by atoms with van der Waals surface area (Å²) in [6.07, 6.45) is 3.01. The summed E-state index contributed by atoms with van der Waals surface area (Å²) in [5.41, 5.74) is 0.523. The molecule has 0 saturated carbocycles. The molecule has 1 atom stereocenters. The molecule has 0 aliphatic carbocycles. The first-order chi connectivity index (χ1) is 10.6. The average Bonchev–Trinajstić information content (AvgIpc) is 2.52. The maximum atomic E-state index is 11.7. The van der Waals surface area contributed by atoms with Crippen molar-refractivity contribution in [1.82, 2.24) is 0 Å². The predicted molar refractivity (Wildman–Crippen MR) is 81.1 cm³/mol. The number of ether oxygens (including phenoxy) is 3. The topological polar surface area (TPSA) is 61.8 Å². The number of Topliss-reactive ketones (excluding diaryl/α,β-unsaturated/α-hetero) is 2. The van der Waals surface area contributed by atoms with Gasteiger partial charge in [-0.1, -0.05) is 0 Å². The summed E-state index contributed by atoms with van der Waals surface area (Å²) in [5.74, 6) is 0.372. The van der Waals surface area contributed by atoms with Gasteiger partial charge in [-0.15, -0.1) is 0 Å². The van der Waals surface area contributed by atoms with Gasteiger partial charge in [0.2, 0.25) is 0 Å². The third-order valence-electron chi connectivity index (χ3n) is 3.38. The Balaban J connectivity index is 1.69. The number of hydrogen-bond donors (Lipinski definition) is 0. The summed E-state index contributed by atoms with van der Waals surface area (Å²) in [5, 5.41) is 0. The van der Waals surface area contributed by atoms with Crippen molar-refractivity contribution < 1.29 is 23.8 Å². The summed E-state index contributed by atoms with van der Waals surface area (Å²) < 4.78 is 16.6. The number of ketones is 2. The molecule has 1 aromatic rings. The van der Waals surface area contributed by atoms with E-state index in [1.807, 2.05) is 0 Å². The maximum Gasteiger partial charge on any atom is 0.170 e. The zero-order valence-electron chi connectivity index (χ0n) is 12.9. The molecule has 120 valence electrons. The van der Waals surface area contributed by atoms with Crippen LogP contribution in [-0.4, -0.2) is 37.7 Å². The smallest absolute Gasteiger partial charge is 0.170 e. The summed E-state index contributed by atoms with van der Waals surface area (Å²) >= 11 is 0. The van der Waals surface area contributed by atoms with Gasteiger partial charge in [-0.3, -0.25) is 9.59 Å². The molecule has 1 fully saturated rings. The van der Waals surface area contributed by atoms with Gasteiger partial charge < -0.3 is 14.2 Å². The van der Waals surface area contributed by atoms with Crippen molar-refractivity contribution >= 4 is 11.6 Å². The minimum atomic E-state index is -0.170. The second kappa shape index (κ2) is 8.66. The molecule has 1 unspecified atom stereocenters. The molecule has 0 amide bonds. The maximum absolute atomic E-state index is 11.7. The lowest BCUT2D eigenvalue weighted by atomic mass is 10.1. The second-order valence-electron chi connectivity index (χ2n) is 5.34. The van der Waals surface area contributed by atoms with Crippen LogP contribution in [0, 0.1) is 0 Å². The normalized spacial score (nSPS) is 18.0. The van der Waals surface area contributed by atoms with E-state index in [2.05, 4.69) is 0 Å². The van der Waals surface area contributed by atoms with E-state index < -0.39 is 0 Å². The first-order valence-corrected chi connectivity index (χ1v) is 7.64. The van der Waals surface area contributed by atoms with Crippen LogP contribution in [0.5, 0.6) is 5.75 Å². The molecule has 1 aliphatic rings. The third-order valence-corrected chi connectivity index (χ3v) is 3.38. The Labute approximate surface area is 130 Å². The van der Waals surface area contributed by atoms with Gasteiger partial charge in [0.05, 0.1) is 13.0 Å². The van der Waals surface area contributed by atoms with Crippen molar-refractivity contribution in [3.8, 4) is 5.75 Å². The molecule has 0 N–H and O–H groups in total. The van der Waals surface area contributed by atoms with Gasteiger partial charge in [-0.2, -0.15) is 0 Å². The van der Waals surface area contributed by atoms with Crippen molar-refractivity contribution in [3.05, 3.63) is 29.8 Å². The van der Waals surface area contributed by atoms with Crippen molar-refractivity contribution in [2.24, 2.45) is 0 Å². The lowest BCUT2D eigenvalue weighted by Crippen LogP contribution is -2.24. The Bertz CT molecular complexity index is 488. The van der Waals surface area contributed by atoms with Crippen LogP contribution in [0.2, 0.25) is 0 Å². The number of carbonyl (C=O) groups is 2. The van der Waals surface area contributed by atoms with E-state index in [1.165, 1.54) is 6.92 Å². The van der Waals surface area contributed by atoms with Crippen LogP contribution in [0.25, 0.3) is 0 Å². The largest absolute Gasteiger partial charge is 0.491 e. The second-order valence-corrected chi connectivity index (χ2v) is 5.34. The number of rotatable bonds is 8. The summed E-state index contributed by atoms with van der Waals surface area (Å²) in [6, 6.07) is 6.80. The van der Waals surface area contributed by atoms with E-state index in [-0.39, 0.29) is 24.3 Å². The first kappa shape index (κ1) is 16.6. The van der Waals surface area contributed by atoms with Crippen molar-refractivity contribution in [2.75, 3.05) is 19.8 Å². The Hall–Kier alpha value is -1.72. The highest BCUT2D eigenvalue weighted by Crippen LogP contribution is 2.15. The highest BCUT2D eigenvalue weighted by Gasteiger charge is 2.13. The fraction of sp³-hybridized carbons (Fsp3) is 0.529.